The van der Waals surface area contributed by atoms with Crippen molar-refractivity contribution >= 4 is 22.5 Å². The molecule has 29 heavy (non-hydrogen) atoms. The second kappa shape index (κ2) is 7.71. The minimum atomic E-state index is -1.01. The Balaban J connectivity index is 1.79. The molecule has 0 fully saturated rings. The van der Waals surface area contributed by atoms with Gasteiger partial charge in [-0.25, -0.2) is 4.68 Å². The number of carbonyl (C=O) groups excluding carboxylic acids is 1. The molecule has 0 saturated carbocycles. The summed E-state index contributed by atoms with van der Waals surface area (Å²) in [4.78, 5) is 13.2. The zero-order chi connectivity index (χ0) is 20.5. The number of nitrogens with one attached hydrogen (secondary N) is 1. The summed E-state index contributed by atoms with van der Waals surface area (Å²) in [6.45, 7) is 2.01. The van der Waals surface area contributed by atoms with Gasteiger partial charge in [0.25, 0.3) is 5.91 Å². The Morgan fingerprint density at radius 1 is 1.07 bits per heavy atom. The van der Waals surface area contributed by atoms with Crippen molar-refractivity contribution in [2.45, 2.75) is 18.4 Å². The minimum absolute atomic E-state index is 0.294. The molecule has 8 heteroatoms. The standard InChI is InChI=1S/C21H21N3O4S/c1-13-7-9-14(10-8-13)24-20(15-11-29(26)12-16(15)23-24)22-21(25)19-17(27-2)5-4-6-18(19)28-3/h4-10H,11-12H2,1-3H3,(H,22,25)/t29-/m0/s1. The van der Waals surface area contributed by atoms with Gasteiger partial charge in [-0.3, -0.25) is 9.00 Å². The number of fused-ring (bicyclic) bond motifs is 1. The number of aromatic nitrogens is 2. The van der Waals surface area contributed by atoms with Gasteiger partial charge in [-0.2, -0.15) is 5.10 Å². The van der Waals surface area contributed by atoms with E-state index in [-0.39, 0.29) is 5.91 Å². The van der Waals surface area contributed by atoms with Crippen molar-refractivity contribution in [2.75, 3.05) is 19.5 Å². The zero-order valence-electron chi connectivity index (χ0n) is 16.4. The highest BCUT2D eigenvalue weighted by Crippen LogP contribution is 2.34. The number of benzene rings is 2. The van der Waals surface area contributed by atoms with Crippen molar-refractivity contribution in [2.24, 2.45) is 0 Å². The number of nitrogens with zero attached hydrogens (tertiary/aromatic N) is 2. The third-order valence-electron chi connectivity index (χ3n) is 4.84. The molecule has 0 unspecified atom stereocenters. The maximum Gasteiger partial charge on any atom is 0.264 e. The Bertz CT molecular complexity index is 1080. The molecule has 0 radical (unpaired) electrons. The molecule has 0 saturated heterocycles. The highest BCUT2D eigenvalue weighted by molar-refractivity contribution is 7.83. The van der Waals surface area contributed by atoms with Crippen molar-refractivity contribution in [3.05, 3.63) is 64.8 Å². The highest BCUT2D eigenvalue weighted by Gasteiger charge is 2.29. The third kappa shape index (κ3) is 3.51. The smallest absolute Gasteiger partial charge is 0.264 e. The first-order valence-electron chi connectivity index (χ1n) is 9.07. The molecule has 2 aromatic carbocycles. The van der Waals surface area contributed by atoms with Gasteiger partial charge in [0.15, 0.2) is 0 Å². The molecule has 0 aliphatic carbocycles. The van der Waals surface area contributed by atoms with E-state index in [1.165, 1.54) is 14.2 Å². The highest BCUT2D eigenvalue weighted by atomic mass is 32.2. The van der Waals surface area contributed by atoms with Gasteiger partial charge in [-0.1, -0.05) is 23.8 Å². The molecule has 1 amide bonds. The lowest BCUT2D eigenvalue weighted by Gasteiger charge is -2.15. The van der Waals surface area contributed by atoms with Crippen LogP contribution in [0.4, 0.5) is 5.82 Å². The molecular weight excluding hydrogens is 390 g/mol. The largest absolute Gasteiger partial charge is 0.496 e. The van der Waals surface area contributed by atoms with Gasteiger partial charge in [-0.05, 0) is 31.2 Å². The molecule has 1 N–H and O–H groups in total. The van der Waals surface area contributed by atoms with E-state index in [0.717, 1.165) is 22.5 Å². The van der Waals surface area contributed by atoms with Crippen molar-refractivity contribution in [1.29, 1.82) is 0 Å². The van der Waals surface area contributed by atoms with E-state index in [0.29, 0.717) is 34.4 Å². The summed E-state index contributed by atoms with van der Waals surface area (Å²) in [6, 6.07) is 13.0. The van der Waals surface area contributed by atoms with Crippen LogP contribution in [0.3, 0.4) is 0 Å². The first-order valence-corrected chi connectivity index (χ1v) is 10.6. The lowest BCUT2D eigenvalue weighted by molar-refractivity contribution is 0.102. The summed E-state index contributed by atoms with van der Waals surface area (Å²) in [6.07, 6.45) is 0. The van der Waals surface area contributed by atoms with E-state index < -0.39 is 10.8 Å². The topological polar surface area (TPSA) is 82.4 Å². The normalized spacial score (nSPS) is 15.1. The van der Waals surface area contributed by atoms with E-state index in [2.05, 4.69) is 10.4 Å². The Kier molecular flexibility index (Phi) is 5.10. The van der Waals surface area contributed by atoms with Crippen LogP contribution in [0.25, 0.3) is 5.69 Å². The van der Waals surface area contributed by atoms with E-state index in [4.69, 9.17) is 9.47 Å². The third-order valence-corrected chi connectivity index (χ3v) is 6.04. The van der Waals surface area contributed by atoms with Crippen LogP contribution in [0.5, 0.6) is 11.5 Å². The predicted molar refractivity (Wildman–Crippen MR) is 111 cm³/mol. The molecule has 1 aliphatic heterocycles. The van der Waals surface area contributed by atoms with Gasteiger partial charge in [0.2, 0.25) is 0 Å². The molecule has 7 nitrogen and oxygen atoms in total. The van der Waals surface area contributed by atoms with Crippen LogP contribution < -0.4 is 14.8 Å². The fourth-order valence-corrected chi connectivity index (χ4v) is 4.64. The van der Waals surface area contributed by atoms with Crippen LogP contribution in [-0.2, 0) is 22.3 Å². The Morgan fingerprint density at radius 2 is 1.72 bits per heavy atom. The number of aryl methyl sites for hydroxylation is 1. The van der Waals surface area contributed by atoms with Gasteiger partial charge in [0.1, 0.15) is 22.9 Å². The van der Waals surface area contributed by atoms with E-state index in [1.807, 2.05) is 31.2 Å². The fourth-order valence-electron chi connectivity index (χ4n) is 3.37. The maximum atomic E-state index is 13.2. The Labute approximate surface area is 171 Å². The van der Waals surface area contributed by atoms with Crippen molar-refractivity contribution < 1.29 is 18.5 Å². The van der Waals surface area contributed by atoms with Gasteiger partial charge < -0.3 is 14.8 Å². The average Bonchev–Trinajstić information content (AvgIpc) is 3.24. The lowest BCUT2D eigenvalue weighted by atomic mass is 10.1. The molecule has 3 aromatic rings. The van der Waals surface area contributed by atoms with E-state index in [1.54, 1.807) is 22.9 Å². The Morgan fingerprint density at radius 3 is 2.34 bits per heavy atom. The van der Waals surface area contributed by atoms with Crippen molar-refractivity contribution in [1.82, 2.24) is 9.78 Å². The van der Waals surface area contributed by atoms with Gasteiger partial charge >= 0.3 is 0 Å². The van der Waals surface area contributed by atoms with Gasteiger partial charge in [-0.15, -0.1) is 0 Å². The van der Waals surface area contributed by atoms with Crippen molar-refractivity contribution in [3.8, 4) is 17.2 Å². The van der Waals surface area contributed by atoms with Crippen LogP contribution in [0.15, 0.2) is 42.5 Å². The summed E-state index contributed by atoms with van der Waals surface area (Å²) in [5.41, 5.74) is 3.77. The van der Waals surface area contributed by atoms with Crippen LogP contribution in [-0.4, -0.2) is 34.1 Å². The number of rotatable bonds is 5. The second-order valence-electron chi connectivity index (χ2n) is 6.74. The quantitative estimate of drug-likeness (QED) is 0.697. The van der Waals surface area contributed by atoms with Crippen LogP contribution in [0, 0.1) is 6.92 Å². The molecule has 4 rings (SSSR count). The van der Waals surface area contributed by atoms with E-state index in [9.17, 15) is 9.00 Å². The number of hydrogen-bond donors (Lipinski definition) is 1. The molecule has 1 aromatic heterocycles. The summed E-state index contributed by atoms with van der Waals surface area (Å²) < 4.78 is 24.5. The zero-order valence-corrected chi connectivity index (χ0v) is 17.2. The average molecular weight is 411 g/mol. The molecule has 150 valence electrons. The van der Waals surface area contributed by atoms with Gasteiger partial charge in [0, 0.05) is 16.4 Å². The first kappa shape index (κ1) is 19.2. The number of methoxy groups -OCH3 is 2. The van der Waals surface area contributed by atoms with Crippen LogP contribution >= 0.6 is 0 Å². The lowest BCUT2D eigenvalue weighted by Crippen LogP contribution is -2.18. The molecule has 1 aliphatic rings. The summed E-state index contributed by atoms with van der Waals surface area (Å²) >= 11 is 0. The second-order valence-corrected chi connectivity index (χ2v) is 8.20. The molecule has 0 spiro atoms. The number of ether oxygens (including phenoxy) is 2. The van der Waals surface area contributed by atoms with Crippen molar-refractivity contribution in [3.63, 3.8) is 0 Å². The van der Waals surface area contributed by atoms with Gasteiger partial charge in [0.05, 0.1) is 37.1 Å². The number of amides is 1. The van der Waals surface area contributed by atoms with Crippen LogP contribution in [0.1, 0.15) is 27.2 Å². The predicted octanol–water partition coefficient (Wildman–Crippen LogP) is 3.21. The minimum Gasteiger partial charge on any atom is -0.496 e. The summed E-state index contributed by atoms with van der Waals surface area (Å²) in [7, 11) is 1.99. The monoisotopic (exact) mass is 411 g/mol. The molecule has 0 bridgehead atoms. The summed E-state index contributed by atoms with van der Waals surface area (Å²) in [5.74, 6) is 1.70. The number of carbonyl (C=O) groups is 1. The molecular formula is C21H21N3O4S. The molecule has 2 heterocycles. The SMILES string of the molecule is COc1cccc(OC)c1C(=O)Nc1c2c(nn1-c1ccc(C)cc1)C[S@@](=O)C2. The Hall–Kier alpha value is -3.13. The maximum absolute atomic E-state index is 13.2. The fraction of sp³-hybridized carbons (Fsp3) is 0.238. The number of anilines is 1. The summed E-state index contributed by atoms with van der Waals surface area (Å²) in [5, 5.41) is 7.58. The number of hydrogen-bond acceptors (Lipinski definition) is 5. The van der Waals surface area contributed by atoms with Crippen LogP contribution in [0.2, 0.25) is 0 Å². The molecule has 1 atom stereocenters. The van der Waals surface area contributed by atoms with E-state index >= 15 is 0 Å². The first-order chi connectivity index (χ1) is 14.0.